The Morgan fingerprint density at radius 3 is 2.76 bits per heavy atom. The molecule has 2 N–H and O–H groups in total. The van der Waals surface area contributed by atoms with Crippen molar-refractivity contribution in [3.8, 4) is 11.5 Å². The van der Waals surface area contributed by atoms with Crippen LogP contribution in [0.5, 0.6) is 11.5 Å². The molecule has 0 bridgehead atoms. The molecule has 0 saturated heterocycles. The van der Waals surface area contributed by atoms with E-state index in [9.17, 15) is 4.79 Å². The zero-order valence-corrected chi connectivity index (χ0v) is 17.7. The summed E-state index contributed by atoms with van der Waals surface area (Å²) in [5.74, 6) is 1.53. The highest BCUT2D eigenvalue weighted by Gasteiger charge is 2.21. The number of nitrogens with one attached hydrogen (secondary N) is 2. The Hall–Kier alpha value is -2.79. The minimum absolute atomic E-state index is 0.130. The molecule has 29 heavy (non-hydrogen) atoms. The monoisotopic (exact) mass is 395 g/mol. The summed E-state index contributed by atoms with van der Waals surface area (Å²) >= 11 is 0. The van der Waals surface area contributed by atoms with Crippen LogP contribution in [-0.4, -0.2) is 32.7 Å². The average molecular weight is 396 g/mol. The summed E-state index contributed by atoms with van der Waals surface area (Å²) in [7, 11) is 4.24. The number of carbonyl (C=O) groups excluding carboxylic acids is 1. The third kappa shape index (κ3) is 5.61. The van der Waals surface area contributed by atoms with Gasteiger partial charge in [0.1, 0.15) is 24.1 Å². The highest BCUT2D eigenvalue weighted by molar-refractivity contribution is 5.92. The van der Waals surface area contributed by atoms with Gasteiger partial charge in [0.2, 0.25) is 5.91 Å². The molecule has 5 heteroatoms. The molecule has 154 valence electrons. The molecule has 1 aliphatic rings. The Bertz CT molecular complexity index is 890. The fourth-order valence-corrected chi connectivity index (χ4v) is 3.56. The molecular weight excluding hydrogens is 364 g/mol. The SMILES string of the molecule is CCOc1cc2c(cc1/C=C/C(=O)NCc1ccccc1C[NH+](C)C)O[C@@H](C)C2. The smallest absolute Gasteiger partial charge is 0.244 e. The summed E-state index contributed by atoms with van der Waals surface area (Å²) in [4.78, 5) is 13.8. The fraction of sp³-hybridized carbons (Fsp3) is 0.375. The van der Waals surface area contributed by atoms with Crippen molar-refractivity contribution in [2.45, 2.75) is 39.5 Å². The molecule has 0 aromatic heterocycles. The molecule has 0 radical (unpaired) electrons. The molecule has 2 aromatic rings. The maximum Gasteiger partial charge on any atom is 0.244 e. The largest absolute Gasteiger partial charge is 0.493 e. The quantitative estimate of drug-likeness (QED) is 0.675. The summed E-state index contributed by atoms with van der Waals surface area (Å²) in [6.45, 7) is 6.02. The van der Waals surface area contributed by atoms with Crippen molar-refractivity contribution < 1.29 is 19.2 Å². The number of ether oxygens (including phenoxy) is 2. The van der Waals surface area contributed by atoms with E-state index in [0.717, 1.165) is 41.2 Å². The number of carbonyl (C=O) groups is 1. The van der Waals surface area contributed by atoms with Crippen LogP contribution in [0.2, 0.25) is 0 Å². The second kappa shape index (κ2) is 9.61. The summed E-state index contributed by atoms with van der Waals surface area (Å²) in [6.07, 6.45) is 4.41. The van der Waals surface area contributed by atoms with Crippen molar-refractivity contribution in [3.05, 3.63) is 64.7 Å². The van der Waals surface area contributed by atoms with Gasteiger partial charge in [0.15, 0.2) is 0 Å². The number of benzene rings is 2. The number of quaternary nitrogens is 1. The van der Waals surface area contributed by atoms with Gasteiger partial charge >= 0.3 is 0 Å². The van der Waals surface area contributed by atoms with Crippen LogP contribution in [0.25, 0.3) is 6.08 Å². The van der Waals surface area contributed by atoms with E-state index in [1.54, 1.807) is 12.2 Å². The second-order valence-corrected chi connectivity index (χ2v) is 7.77. The number of rotatable bonds is 8. The van der Waals surface area contributed by atoms with E-state index in [-0.39, 0.29) is 12.0 Å². The molecule has 1 atom stereocenters. The van der Waals surface area contributed by atoms with Crippen molar-refractivity contribution in [1.82, 2.24) is 5.32 Å². The Morgan fingerprint density at radius 1 is 1.28 bits per heavy atom. The van der Waals surface area contributed by atoms with Gasteiger partial charge in [-0.2, -0.15) is 0 Å². The van der Waals surface area contributed by atoms with E-state index in [1.807, 2.05) is 31.2 Å². The van der Waals surface area contributed by atoms with E-state index < -0.39 is 0 Å². The molecule has 3 rings (SSSR count). The molecule has 1 amide bonds. The third-order valence-corrected chi connectivity index (χ3v) is 4.86. The Balaban J connectivity index is 1.68. The first kappa shape index (κ1) is 20.9. The first-order chi connectivity index (χ1) is 14.0. The lowest BCUT2D eigenvalue weighted by molar-refractivity contribution is -0.872. The Kier molecular flexibility index (Phi) is 6.94. The van der Waals surface area contributed by atoms with E-state index in [2.05, 4.69) is 38.5 Å². The molecule has 0 aliphatic carbocycles. The van der Waals surface area contributed by atoms with E-state index in [0.29, 0.717) is 13.2 Å². The van der Waals surface area contributed by atoms with Crippen LogP contribution in [-0.2, 0) is 24.3 Å². The molecule has 0 spiro atoms. The van der Waals surface area contributed by atoms with Gasteiger partial charge in [0.25, 0.3) is 0 Å². The molecule has 0 fully saturated rings. The average Bonchev–Trinajstić information content (AvgIpc) is 3.04. The van der Waals surface area contributed by atoms with Gasteiger partial charge in [-0.15, -0.1) is 0 Å². The Morgan fingerprint density at radius 2 is 2.03 bits per heavy atom. The zero-order valence-electron chi connectivity index (χ0n) is 17.7. The van der Waals surface area contributed by atoms with Crippen molar-refractivity contribution in [3.63, 3.8) is 0 Å². The fourth-order valence-electron chi connectivity index (χ4n) is 3.56. The molecule has 0 saturated carbocycles. The normalized spacial score (nSPS) is 15.4. The highest BCUT2D eigenvalue weighted by Crippen LogP contribution is 2.35. The van der Waals surface area contributed by atoms with Crippen LogP contribution in [0.4, 0.5) is 0 Å². The zero-order chi connectivity index (χ0) is 20.8. The van der Waals surface area contributed by atoms with E-state index in [1.165, 1.54) is 10.5 Å². The lowest BCUT2D eigenvalue weighted by Crippen LogP contribution is -3.04. The lowest BCUT2D eigenvalue weighted by atomic mass is 10.1. The van der Waals surface area contributed by atoms with Gasteiger partial charge < -0.3 is 19.7 Å². The van der Waals surface area contributed by atoms with Crippen LogP contribution in [0.15, 0.2) is 42.5 Å². The van der Waals surface area contributed by atoms with Crippen molar-refractivity contribution in [1.29, 1.82) is 0 Å². The topological polar surface area (TPSA) is 52.0 Å². The first-order valence-electron chi connectivity index (χ1n) is 10.2. The van der Waals surface area contributed by atoms with Gasteiger partial charge in [-0.1, -0.05) is 24.3 Å². The maximum absolute atomic E-state index is 12.4. The minimum atomic E-state index is -0.130. The van der Waals surface area contributed by atoms with Gasteiger partial charge in [0.05, 0.1) is 20.7 Å². The van der Waals surface area contributed by atoms with E-state index in [4.69, 9.17) is 9.47 Å². The molecule has 1 aliphatic heterocycles. The molecule has 1 heterocycles. The van der Waals surface area contributed by atoms with Crippen molar-refractivity contribution in [2.24, 2.45) is 0 Å². The summed E-state index contributed by atoms with van der Waals surface area (Å²) in [6, 6.07) is 12.2. The number of amides is 1. The van der Waals surface area contributed by atoms with E-state index >= 15 is 0 Å². The molecule has 0 unspecified atom stereocenters. The van der Waals surface area contributed by atoms with Crippen molar-refractivity contribution >= 4 is 12.0 Å². The molecular formula is C24H31N2O3+. The number of hydrogen-bond donors (Lipinski definition) is 2. The van der Waals surface area contributed by atoms with Crippen LogP contribution < -0.4 is 19.7 Å². The Labute approximate surface area is 173 Å². The summed E-state index contributed by atoms with van der Waals surface area (Å²) in [5, 5.41) is 2.99. The van der Waals surface area contributed by atoms with Gasteiger partial charge in [-0.25, -0.2) is 0 Å². The third-order valence-electron chi connectivity index (χ3n) is 4.86. The van der Waals surface area contributed by atoms with Gasteiger partial charge in [-0.05, 0) is 37.6 Å². The highest BCUT2D eigenvalue weighted by atomic mass is 16.5. The summed E-state index contributed by atoms with van der Waals surface area (Å²) in [5.41, 5.74) is 4.40. The van der Waals surface area contributed by atoms with Crippen molar-refractivity contribution in [2.75, 3.05) is 20.7 Å². The second-order valence-electron chi connectivity index (χ2n) is 7.77. The molecule has 5 nitrogen and oxygen atoms in total. The number of hydrogen-bond acceptors (Lipinski definition) is 3. The molecule has 2 aromatic carbocycles. The minimum Gasteiger partial charge on any atom is -0.493 e. The predicted octanol–water partition coefficient (Wildman–Crippen LogP) is 2.38. The van der Waals surface area contributed by atoms with Crippen LogP contribution in [0.1, 0.15) is 36.1 Å². The van der Waals surface area contributed by atoms with Crippen LogP contribution in [0, 0.1) is 0 Å². The maximum atomic E-state index is 12.4. The summed E-state index contributed by atoms with van der Waals surface area (Å²) < 4.78 is 11.6. The standard InChI is InChI=1S/C24H30N2O3/c1-5-28-22-14-21-12-17(2)29-23(21)13-18(22)10-11-24(27)25-15-19-8-6-7-9-20(19)16-26(3)4/h6-11,13-14,17H,5,12,15-16H2,1-4H3,(H,25,27)/p+1/b11-10+/t17-/m0/s1. The van der Waals surface area contributed by atoms with Gasteiger partial charge in [0, 0.05) is 35.7 Å². The lowest BCUT2D eigenvalue weighted by Gasteiger charge is -2.12. The van der Waals surface area contributed by atoms with Crippen LogP contribution >= 0.6 is 0 Å². The number of fused-ring (bicyclic) bond motifs is 1. The van der Waals surface area contributed by atoms with Crippen LogP contribution in [0.3, 0.4) is 0 Å². The predicted molar refractivity (Wildman–Crippen MR) is 115 cm³/mol. The first-order valence-corrected chi connectivity index (χ1v) is 10.2. The van der Waals surface area contributed by atoms with Gasteiger partial charge in [-0.3, -0.25) is 4.79 Å².